The van der Waals surface area contributed by atoms with Crippen LogP contribution in [0.15, 0.2) is 71.6 Å². The number of nitrogens with one attached hydrogen (secondary N) is 1. The minimum absolute atomic E-state index is 0.151. The van der Waals surface area contributed by atoms with Gasteiger partial charge in [-0.15, -0.1) is 0 Å². The molecule has 0 fully saturated rings. The maximum atomic E-state index is 13.5. The molecule has 1 N–H and O–H groups in total. The van der Waals surface area contributed by atoms with Gasteiger partial charge in [0.15, 0.2) is 6.10 Å². The summed E-state index contributed by atoms with van der Waals surface area (Å²) >= 11 is 6.14. The number of anilines is 2. The minimum Gasteiger partial charge on any atom is -0.476 e. The van der Waals surface area contributed by atoms with Crippen LogP contribution < -0.4 is 14.4 Å². The Morgan fingerprint density at radius 2 is 1.71 bits per heavy atom. The molecule has 0 saturated carbocycles. The van der Waals surface area contributed by atoms with Crippen molar-refractivity contribution in [3.63, 3.8) is 0 Å². The Hall–Kier alpha value is -3.03. The van der Waals surface area contributed by atoms with E-state index in [4.69, 9.17) is 16.3 Å². The summed E-state index contributed by atoms with van der Waals surface area (Å²) in [5, 5.41) is 3.11. The van der Waals surface area contributed by atoms with Gasteiger partial charge in [0.25, 0.3) is 15.9 Å². The molecule has 31 heavy (non-hydrogen) atoms. The second kappa shape index (κ2) is 8.24. The fourth-order valence-electron chi connectivity index (χ4n) is 3.34. The monoisotopic (exact) mass is 456 g/mol. The summed E-state index contributed by atoms with van der Waals surface area (Å²) in [6.07, 6.45) is -1.05. The molecule has 0 saturated heterocycles. The standard InChI is InChI=1S/C23H21ClN2O4S/c1-15-7-10-17(11-8-15)31(28,29)26-14-22(30-21-12-9-16(2)13-20(21)26)23(27)25-19-6-4-3-5-18(19)24/h3-13,22H,14H2,1-2H3,(H,25,27)/t22-/m0/s1. The van der Waals surface area contributed by atoms with Gasteiger partial charge in [0, 0.05) is 0 Å². The maximum Gasteiger partial charge on any atom is 0.267 e. The second-order valence-corrected chi connectivity index (χ2v) is 9.67. The fourth-order valence-corrected chi connectivity index (χ4v) is 4.99. The summed E-state index contributed by atoms with van der Waals surface area (Å²) in [6.45, 7) is 3.59. The molecule has 1 aliphatic rings. The number of rotatable bonds is 4. The van der Waals surface area contributed by atoms with Crippen molar-refractivity contribution in [2.45, 2.75) is 24.8 Å². The number of sulfonamides is 1. The van der Waals surface area contributed by atoms with Crippen LogP contribution >= 0.6 is 11.6 Å². The van der Waals surface area contributed by atoms with Crippen LogP contribution in [0.2, 0.25) is 5.02 Å². The first kappa shape index (κ1) is 21.2. The van der Waals surface area contributed by atoms with Gasteiger partial charge in [0.2, 0.25) is 0 Å². The Labute approximate surface area is 186 Å². The number of hydrogen-bond donors (Lipinski definition) is 1. The van der Waals surface area contributed by atoms with E-state index in [0.29, 0.717) is 22.1 Å². The van der Waals surface area contributed by atoms with Gasteiger partial charge in [-0.05, 0) is 55.8 Å². The van der Waals surface area contributed by atoms with Gasteiger partial charge < -0.3 is 10.1 Å². The van der Waals surface area contributed by atoms with Crippen molar-refractivity contribution in [2.75, 3.05) is 16.2 Å². The van der Waals surface area contributed by atoms with E-state index in [1.54, 1.807) is 60.7 Å². The van der Waals surface area contributed by atoms with E-state index in [-0.39, 0.29) is 11.4 Å². The first-order chi connectivity index (χ1) is 14.8. The molecule has 0 spiro atoms. The van der Waals surface area contributed by atoms with Gasteiger partial charge in [-0.25, -0.2) is 8.42 Å². The Kier molecular flexibility index (Phi) is 5.64. The molecule has 0 bridgehead atoms. The summed E-state index contributed by atoms with van der Waals surface area (Å²) < 4.78 is 34.1. The van der Waals surface area contributed by atoms with Crippen LogP contribution in [0.5, 0.6) is 5.75 Å². The number of para-hydroxylation sites is 1. The molecular formula is C23H21ClN2O4S. The number of carbonyl (C=O) groups excluding carboxylic acids is 1. The predicted molar refractivity (Wildman–Crippen MR) is 121 cm³/mol. The lowest BCUT2D eigenvalue weighted by Gasteiger charge is -2.35. The van der Waals surface area contributed by atoms with Crippen LogP contribution in [0.25, 0.3) is 0 Å². The number of halogens is 1. The van der Waals surface area contributed by atoms with Crippen LogP contribution in [-0.4, -0.2) is 27.0 Å². The number of hydrogen-bond acceptors (Lipinski definition) is 4. The molecule has 6 nitrogen and oxygen atoms in total. The van der Waals surface area contributed by atoms with Crippen molar-refractivity contribution < 1.29 is 17.9 Å². The second-order valence-electron chi connectivity index (χ2n) is 7.40. The number of nitrogens with zero attached hydrogens (tertiary/aromatic N) is 1. The molecule has 3 aromatic carbocycles. The van der Waals surface area contributed by atoms with E-state index < -0.39 is 22.0 Å². The van der Waals surface area contributed by atoms with E-state index in [1.807, 2.05) is 19.9 Å². The zero-order valence-electron chi connectivity index (χ0n) is 17.0. The summed E-state index contributed by atoms with van der Waals surface area (Å²) in [7, 11) is -3.91. The number of aryl methyl sites for hydroxylation is 2. The molecule has 0 aromatic heterocycles. The zero-order valence-corrected chi connectivity index (χ0v) is 18.6. The van der Waals surface area contributed by atoms with Crippen LogP contribution in [-0.2, 0) is 14.8 Å². The molecular weight excluding hydrogens is 436 g/mol. The van der Waals surface area contributed by atoms with Gasteiger partial charge in [0.1, 0.15) is 5.75 Å². The SMILES string of the molecule is Cc1ccc(S(=O)(=O)N2C[C@@H](C(=O)Nc3ccccc3Cl)Oc3ccc(C)cc32)cc1. The predicted octanol–water partition coefficient (Wildman–Crippen LogP) is 4.55. The largest absolute Gasteiger partial charge is 0.476 e. The third kappa shape index (κ3) is 4.24. The quantitative estimate of drug-likeness (QED) is 0.624. The molecule has 0 aliphatic carbocycles. The van der Waals surface area contributed by atoms with Gasteiger partial charge in [-0.1, -0.05) is 47.5 Å². The maximum absolute atomic E-state index is 13.5. The first-order valence-electron chi connectivity index (χ1n) is 9.68. The highest BCUT2D eigenvalue weighted by molar-refractivity contribution is 7.92. The van der Waals surface area contributed by atoms with Crippen molar-refractivity contribution >= 4 is 38.9 Å². The highest BCUT2D eigenvalue weighted by Gasteiger charge is 2.37. The topological polar surface area (TPSA) is 75.7 Å². The van der Waals surface area contributed by atoms with Crippen LogP contribution in [0.3, 0.4) is 0 Å². The van der Waals surface area contributed by atoms with Crippen LogP contribution in [0.4, 0.5) is 11.4 Å². The van der Waals surface area contributed by atoms with E-state index >= 15 is 0 Å². The van der Waals surface area contributed by atoms with Gasteiger partial charge in [-0.3, -0.25) is 9.10 Å². The Morgan fingerprint density at radius 1 is 1.03 bits per heavy atom. The third-order valence-corrected chi connectivity index (χ3v) is 7.14. The average Bonchev–Trinajstić information content (AvgIpc) is 2.74. The van der Waals surface area contributed by atoms with Gasteiger partial charge in [-0.2, -0.15) is 0 Å². The van der Waals surface area contributed by atoms with Crippen LogP contribution in [0.1, 0.15) is 11.1 Å². The molecule has 0 unspecified atom stereocenters. The summed E-state index contributed by atoms with van der Waals surface area (Å²) in [4.78, 5) is 13.1. The minimum atomic E-state index is -3.91. The number of carbonyl (C=O) groups is 1. The number of ether oxygens (including phenoxy) is 1. The molecule has 1 heterocycles. The Balaban J connectivity index is 1.71. The molecule has 3 aromatic rings. The van der Waals surface area contributed by atoms with E-state index in [9.17, 15) is 13.2 Å². The van der Waals surface area contributed by atoms with E-state index in [1.165, 1.54) is 4.31 Å². The smallest absolute Gasteiger partial charge is 0.267 e. The fraction of sp³-hybridized carbons (Fsp3) is 0.174. The molecule has 160 valence electrons. The Bertz CT molecular complexity index is 1240. The number of benzene rings is 3. The van der Waals surface area contributed by atoms with Crippen molar-refractivity contribution in [1.29, 1.82) is 0 Å². The third-order valence-electron chi connectivity index (χ3n) is 5.02. The zero-order chi connectivity index (χ0) is 22.2. The van der Waals surface area contributed by atoms with Crippen molar-refractivity contribution in [2.24, 2.45) is 0 Å². The summed E-state index contributed by atoms with van der Waals surface area (Å²) in [6, 6.07) is 18.7. The van der Waals surface area contributed by atoms with Gasteiger partial charge in [0.05, 0.1) is 27.8 Å². The summed E-state index contributed by atoms with van der Waals surface area (Å²) in [5.41, 5.74) is 2.67. The molecule has 1 amide bonds. The molecule has 4 rings (SSSR count). The lowest BCUT2D eigenvalue weighted by Crippen LogP contribution is -2.48. The molecule has 0 radical (unpaired) electrons. The molecule has 1 atom stereocenters. The van der Waals surface area contributed by atoms with Gasteiger partial charge >= 0.3 is 0 Å². The number of amides is 1. The van der Waals surface area contributed by atoms with Crippen molar-refractivity contribution in [1.82, 2.24) is 0 Å². The molecule has 8 heteroatoms. The first-order valence-corrected chi connectivity index (χ1v) is 11.5. The molecule has 1 aliphatic heterocycles. The highest BCUT2D eigenvalue weighted by atomic mass is 35.5. The normalized spacial score (nSPS) is 15.7. The lowest BCUT2D eigenvalue weighted by molar-refractivity contribution is -0.122. The average molecular weight is 457 g/mol. The van der Waals surface area contributed by atoms with Crippen LogP contribution in [0, 0.1) is 13.8 Å². The van der Waals surface area contributed by atoms with Crippen molar-refractivity contribution in [3.8, 4) is 5.75 Å². The lowest BCUT2D eigenvalue weighted by atomic mass is 10.1. The van der Waals surface area contributed by atoms with E-state index in [2.05, 4.69) is 5.32 Å². The number of fused-ring (bicyclic) bond motifs is 1. The van der Waals surface area contributed by atoms with E-state index in [0.717, 1.165) is 11.1 Å². The highest BCUT2D eigenvalue weighted by Crippen LogP contribution is 2.38. The summed E-state index contributed by atoms with van der Waals surface area (Å²) in [5.74, 6) is -0.157. The Morgan fingerprint density at radius 3 is 2.42 bits per heavy atom. The van der Waals surface area contributed by atoms with Crippen molar-refractivity contribution in [3.05, 3.63) is 82.9 Å².